The average molecular weight is 525 g/mol. The summed E-state index contributed by atoms with van der Waals surface area (Å²) in [6.45, 7) is 0. The van der Waals surface area contributed by atoms with Gasteiger partial charge in [-0.2, -0.15) is 18.3 Å². The highest BCUT2D eigenvalue weighted by molar-refractivity contribution is 7.13. The van der Waals surface area contributed by atoms with Crippen LogP contribution in [0.1, 0.15) is 5.69 Å². The number of hydrogen-bond donors (Lipinski definition) is 0. The van der Waals surface area contributed by atoms with Crippen molar-refractivity contribution in [3.63, 3.8) is 0 Å². The van der Waals surface area contributed by atoms with Crippen LogP contribution in [0.15, 0.2) is 64.8 Å². The maximum absolute atomic E-state index is 14.7. The van der Waals surface area contributed by atoms with Gasteiger partial charge in [0.1, 0.15) is 16.5 Å². The zero-order valence-corrected chi connectivity index (χ0v) is 19.0. The lowest BCUT2D eigenvalue weighted by molar-refractivity contribution is -0.142. The first kappa shape index (κ1) is 22.6. The smallest absolute Gasteiger partial charge is 0.355 e. The van der Waals surface area contributed by atoms with Crippen LogP contribution in [0.3, 0.4) is 0 Å². The van der Waals surface area contributed by atoms with Gasteiger partial charge >= 0.3 is 6.18 Å². The fourth-order valence-corrected chi connectivity index (χ4v) is 4.62. The zero-order chi connectivity index (χ0) is 24.0. The van der Waals surface area contributed by atoms with Gasteiger partial charge in [-0.3, -0.25) is 0 Å². The Kier molecular flexibility index (Phi) is 5.67. The van der Waals surface area contributed by atoms with E-state index in [4.69, 9.17) is 27.7 Å². The fraction of sp³-hybridized carbons (Fsp3) is 0.0455. The van der Waals surface area contributed by atoms with E-state index in [9.17, 15) is 17.6 Å². The molecular weight excluding hydrogens is 515 g/mol. The van der Waals surface area contributed by atoms with Crippen LogP contribution in [-0.2, 0) is 6.18 Å². The summed E-state index contributed by atoms with van der Waals surface area (Å²) in [6, 6.07) is 9.84. The lowest BCUT2D eigenvalue weighted by Crippen LogP contribution is -2.14. The molecule has 5 nitrogen and oxygen atoms in total. The topological polar surface area (TPSA) is 56.7 Å². The molecule has 0 saturated carbocycles. The summed E-state index contributed by atoms with van der Waals surface area (Å²) in [7, 11) is 0. The van der Waals surface area contributed by atoms with Crippen molar-refractivity contribution < 1.29 is 22.1 Å². The van der Waals surface area contributed by atoms with Crippen LogP contribution < -0.4 is 0 Å². The first-order valence-electron chi connectivity index (χ1n) is 9.51. The molecule has 5 aromatic rings. The Morgan fingerprint density at radius 2 is 1.82 bits per heavy atom. The third kappa shape index (κ3) is 3.87. The number of halogens is 6. The third-order valence-corrected chi connectivity index (χ3v) is 6.21. The zero-order valence-electron chi connectivity index (χ0n) is 16.6. The van der Waals surface area contributed by atoms with Gasteiger partial charge in [-0.1, -0.05) is 40.5 Å². The Morgan fingerprint density at radius 3 is 2.50 bits per heavy atom. The van der Waals surface area contributed by atoms with Gasteiger partial charge in [-0.05, 0) is 30.3 Å². The number of nitrogens with zero attached hydrogens (tertiary/aromatic N) is 4. The van der Waals surface area contributed by atoms with Crippen molar-refractivity contribution in [3.05, 3.63) is 81.8 Å². The van der Waals surface area contributed by atoms with Crippen molar-refractivity contribution in [2.75, 3.05) is 0 Å². The summed E-state index contributed by atoms with van der Waals surface area (Å²) < 4.78 is 63.7. The monoisotopic (exact) mass is 524 g/mol. The number of alkyl halides is 3. The van der Waals surface area contributed by atoms with Gasteiger partial charge in [0.05, 0.1) is 33.6 Å². The summed E-state index contributed by atoms with van der Waals surface area (Å²) >= 11 is 13.3. The molecule has 0 saturated heterocycles. The van der Waals surface area contributed by atoms with Gasteiger partial charge in [0, 0.05) is 16.6 Å². The van der Waals surface area contributed by atoms with E-state index in [1.165, 1.54) is 48.7 Å². The van der Waals surface area contributed by atoms with Crippen molar-refractivity contribution in [1.82, 2.24) is 19.9 Å². The predicted molar refractivity (Wildman–Crippen MR) is 121 cm³/mol. The van der Waals surface area contributed by atoms with Crippen LogP contribution in [0.25, 0.3) is 38.8 Å². The second kappa shape index (κ2) is 8.53. The van der Waals surface area contributed by atoms with Crippen LogP contribution in [0, 0.1) is 5.82 Å². The molecular formula is C22H10Cl2F4N4OS. The van der Waals surface area contributed by atoms with Crippen LogP contribution in [0.4, 0.5) is 17.6 Å². The third-order valence-electron chi connectivity index (χ3n) is 4.87. The molecule has 3 aromatic heterocycles. The minimum absolute atomic E-state index is 0.0170. The summed E-state index contributed by atoms with van der Waals surface area (Å²) in [4.78, 5) is 4.19. The van der Waals surface area contributed by atoms with E-state index in [0.717, 1.165) is 17.5 Å². The Balaban J connectivity index is 1.80. The summed E-state index contributed by atoms with van der Waals surface area (Å²) in [5.74, 6) is -0.985. The van der Waals surface area contributed by atoms with E-state index in [2.05, 4.69) is 15.2 Å². The van der Waals surface area contributed by atoms with Crippen molar-refractivity contribution >= 4 is 34.5 Å². The summed E-state index contributed by atoms with van der Waals surface area (Å²) in [5.41, 5.74) is -1.53. The van der Waals surface area contributed by atoms with Gasteiger partial charge in [0.25, 0.3) is 0 Å². The molecule has 0 aliphatic rings. The Hall–Kier alpha value is -3.21. The quantitative estimate of drug-likeness (QED) is 0.225. The molecule has 2 aromatic carbocycles. The highest BCUT2D eigenvalue weighted by atomic mass is 35.5. The van der Waals surface area contributed by atoms with Gasteiger partial charge in [-0.15, -0.1) is 11.3 Å². The van der Waals surface area contributed by atoms with Crippen molar-refractivity contribution in [1.29, 1.82) is 0 Å². The molecule has 0 spiro atoms. The highest BCUT2D eigenvalue weighted by Gasteiger charge is 2.41. The number of benzene rings is 2. The maximum Gasteiger partial charge on any atom is 0.434 e. The fourth-order valence-electron chi connectivity index (χ4n) is 3.50. The van der Waals surface area contributed by atoms with Crippen LogP contribution >= 0.6 is 34.5 Å². The largest absolute Gasteiger partial charge is 0.434 e. The minimum atomic E-state index is -4.84. The normalized spacial score (nSPS) is 11.8. The Morgan fingerprint density at radius 1 is 1.03 bits per heavy atom. The van der Waals surface area contributed by atoms with Crippen LogP contribution in [0.5, 0.6) is 0 Å². The molecule has 0 unspecified atom stereocenters. The summed E-state index contributed by atoms with van der Waals surface area (Å²) in [5, 5.41) is 10.00. The molecule has 0 atom stereocenters. The van der Waals surface area contributed by atoms with Gasteiger partial charge in [-0.25, -0.2) is 14.1 Å². The minimum Gasteiger partial charge on any atom is -0.355 e. The molecule has 172 valence electrons. The molecule has 0 bridgehead atoms. The highest BCUT2D eigenvalue weighted by Crippen LogP contribution is 2.47. The molecule has 3 heterocycles. The molecule has 12 heteroatoms. The lowest BCUT2D eigenvalue weighted by Gasteiger charge is -2.12. The van der Waals surface area contributed by atoms with E-state index >= 15 is 0 Å². The molecule has 0 aliphatic carbocycles. The standard InChI is InChI=1S/C22H10Cl2F4N4OS/c23-11-3-1-4-12(9-11)32-20(22(26,27)28)13(10-30-32)19-17(21-29-7-8-34-21)18(31-33-19)16-14(24)5-2-6-15(16)25/h1-10H. The van der Waals surface area contributed by atoms with Crippen LogP contribution in [-0.4, -0.2) is 19.9 Å². The van der Waals surface area contributed by atoms with Gasteiger partial charge < -0.3 is 4.52 Å². The molecule has 0 aliphatic heterocycles. The number of aromatic nitrogens is 4. The molecule has 5 rings (SSSR count). The van der Waals surface area contributed by atoms with Gasteiger partial charge in [0.15, 0.2) is 11.5 Å². The van der Waals surface area contributed by atoms with E-state index in [1.807, 2.05) is 0 Å². The molecule has 34 heavy (non-hydrogen) atoms. The number of rotatable bonds is 4. The number of thiazole rings is 1. The average Bonchev–Trinajstić information content (AvgIpc) is 3.52. The lowest BCUT2D eigenvalue weighted by atomic mass is 10.0. The van der Waals surface area contributed by atoms with E-state index < -0.39 is 23.3 Å². The first-order valence-corrected chi connectivity index (χ1v) is 11.1. The van der Waals surface area contributed by atoms with E-state index in [-0.39, 0.29) is 43.3 Å². The predicted octanol–water partition coefficient (Wildman–Crippen LogP) is 7.78. The second-order valence-electron chi connectivity index (χ2n) is 6.97. The second-order valence-corrected chi connectivity index (χ2v) is 8.70. The van der Waals surface area contributed by atoms with E-state index in [1.54, 1.807) is 5.38 Å². The Bertz CT molecular complexity index is 1480. The van der Waals surface area contributed by atoms with Crippen molar-refractivity contribution in [2.24, 2.45) is 0 Å². The molecule has 0 fully saturated rings. The SMILES string of the molecule is Fc1cccc(Cl)c1-c1noc(-c2cnn(-c3cccc(Cl)c3)c2C(F)(F)F)c1-c1nccs1. The Labute approximate surface area is 203 Å². The molecule has 0 N–H and O–H groups in total. The van der Waals surface area contributed by atoms with Crippen LogP contribution in [0.2, 0.25) is 10.0 Å². The summed E-state index contributed by atoms with van der Waals surface area (Å²) in [6.07, 6.45) is -2.37. The molecule has 0 amide bonds. The first-order chi connectivity index (χ1) is 16.3. The maximum atomic E-state index is 14.7. The van der Waals surface area contributed by atoms with Crippen molar-refractivity contribution in [3.8, 4) is 38.8 Å². The van der Waals surface area contributed by atoms with Gasteiger partial charge in [0.2, 0.25) is 0 Å². The van der Waals surface area contributed by atoms with E-state index in [0.29, 0.717) is 4.68 Å². The molecule has 0 radical (unpaired) electrons. The number of hydrogen-bond acceptors (Lipinski definition) is 5. The van der Waals surface area contributed by atoms with Crippen molar-refractivity contribution in [2.45, 2.75) is 6.18 Å².